The summed E-state index contributed by atoms with van der Waals surface area (Å²) in [6.07, 6.45) is 0.342. The maximum Gasteiger partial charge on any atom is 0.330 e. The molecule has 0 saturated heterocycles. The van der Waals surface area contributed by atoms with Crippen LogP contribution in [0.4, 0.5) is 0 Å². The van der Waals surface area contributed by atoms with E-state index in [-0.39, 0.29) is 11.9 Å². The second kappa shape index (κ2) is 6.48. The molecule has 2 N–H and O–H groups in total. The van der Waals surface area contributed by atoms with E-state index >= 15 is 0 Å². The summed E-state index contributed by atoms with van der Waals surface area (Å²) in [5.41, 5.74) is -0.974. The Morgan fingerprint density at radius 2 is 1.94 bits per heavy atom. The summed E-state index contributed by atoms with van der Waals surface area (Å²) < 4.78 is 4.60. The summed E-state index contributed by atoms with van der Waals surface area (Å²) in [6.45, 7) is 7.96. The fourth-order valence-corrected chi connectivity index (χ4v) is 1.40. The molecular formula is C11H22N2O3. The normalized spacial score (nSPS) is 13.1. The van der Waals surface area contributed by atoms with Crippen LogP contribution in [0.1, 0.15) is 34.1 Å². The van der Waals surface area contributed by atoms with Crippen molar-refractivity contribution in [3.8, 4) is 0 Å². The smallest absolute Gasteiger partial charge is 0.330 e. The van der Waals surface area contributed by atoms with Crippen LogP contribution < -0.4 is 10.6 Å². The maximum absolute atomic E-state index is 11.6. The summed E-state index contributed by atoms with van der Waals surface area (Å²) >= 11 is 0. The molecular weight excluding hydrogens is 208 g/mol. The standard InChI is InChI=1S/C11H22N2O3/c1-6-12-8(2)7-9(14)13-11(3,4)10(15)16-5/h8,12H,6-7H2,1-5H3,(H,13,14). The Kier molecular flexibility index (Phi) is 6.03. The van der Waals surface area contributed by atoms with Gasteiger partial charge in [0.25, 0.3) is 0 Å². The van der Waals surface area contributed by atoms with Crippen molar-refractivity contribution in [3.05, 3.63) is 0 Å². The number of hydrogen-bond donors (Lipinski definition) is 2. The highest BCUT2D eigenvalue weighted by atomic mass is 16.5. The topological polar surface area (TPSA) is 67.4 Å². The van der Waals surface area contributed by atoms with Gasteiger partial charge in [0, 0.05) is 12.5 Å². The third kappa shape index (κ3) is 5.11. The summed E-state index contributed by atoms with van der Waals surface area (Å²) in [4.78, 5) is 22.9. The van der Waals surface area contributed by atoms with Gasteiger partial charge >= 0.3 is 5.97 Å². The number of carbonyl (C=O) groups is 2. The van der Waals surface area contributed by atoms with E-state index in [1.54, 1.807) is 13.8 Å². The van der Waals surface area contributed by atoms with E-state index < -0.39 is 11.5 Å². The molecule has 0 aromatic rings. The average molecular weight is 230 g/mol. The molecule has 1 amide bonds. The first-order chi connectivity index (χ1) is 7.33. The third-order valence-electron chi connectivity index (χ3n) is 2.19. The Labute approximate surface area is 96.9 Å². The van der Waals surface area contributed by atoms with Gasteiger partial charge in [0.05, 0.1) is 7.11 Å². The molecule has 0 radical (unpaired) electrons. The van der Waals surface area contributed by atoms with E-state index in [0.29, 0.717) is 6.42 Å². The fraction of sp³-hybridized carbons (Fsp3) is 0.818. The Morgan fingerprint density at radius 3 is 2.38 bits per heavy atom. The minimum Gasteiger partial charge on any atom is -0.467 e. The van der Waals surface area contributed by atoms with E-state index in [2.05, 4.69) is 15.4 Å². The Morgan fingerprint density at radius 1 is 1.38 bits per heavy atom. The molecule has 0 aliphatic rings. The Balaban J connectivity index is 4.18. The number of methoxy groups -OCH3 is 1. The lowest BCUT2D eigenvalue weighted by Gasteiger charge is -2.24. The molecule has 0 bridgehead atoms. The predicted molar refractivity (Wildman–Crippen MR) is 62.0 cm³/mol. The second-order valence-electron chi connectivity index (χ2n) is 4.33. The van der Waals surface area contributed by atoms with Crippen LogP contribution in [0.3, 0.4) is 0 Å². The molecule has 5 heteroatoms. The van der Waals surface area contributed by atoms with Gasteiger partial charge in [-0.05, 0) is 27.3 Å². The van der Waals surface area contributed by atoms with Crippen molar-refractivity contribution in [2.24, 2.45) is 0 Å². The lowest BCUT2D eigenvalue weighted by Crippen LogP contribution is -2.51. The Hall–Kier alpha value is -1.10. The zero-order valence-corrected chi connectivity index (χ0v) is 10.7. The predicted octanol–water partition coefficient (Wildman–Crippen LogP) is 0.442. The van der Waals surface area contributed by atoms with Gasteiger partial charge in [-0.15, -0.1) is 0 Å². The van der Waals surface area contributed by atoms with Crippen molar-refractivity contribution < 1.29 is 14.3 Å². The van der Waals surface area contributed by atoms with Crippen molar-refractivity contribution in [3.63, 3.8) is 0 Å². The van der Waals surface area contributed by atoms with Crippen LogP contribution >= 0.6 is 0 Å². The van der Waals surface area contributed by atoms with Crippen LogP contribution in [0.2, 0.25) is 0 Å². The van der Waals surface area contributed by atoms with Crippen molar-refractivity contribution in [1.82, 2.24) is 10.6 Å². The van der Waals surface area contributed by atoms with Crippen molar-refractivity contribution in [2.45, 2.75) is 45.7 Å². The highest BCUT2D eigenvalue weighted by Crippen LogP contribution is 2.05. The number of nitrogens with one attached hydrogen (secondary N) is 2. The molecule has 1 unspecified atom stereocenters. The van der Waals surface area contributed by atoms with Gasteiger partial charge in [-0.1, -0.05) is 6.92 Å². The monoisotopic (exact) mass is 230 g/mol. The third-order valence-corrected chi connectivity index (χ3v) is 2.19. The largest absolute Gasteiger partial charge is 0.467 e. The molecule has 94 valence electrons. The summed E-state index contributed by atoms with van der Waals surface area (Å²) in [6, 6.07) is 0.0958. The first-order valence-electron chi connectivity index (χ1n) is 5.46. The highest BCUT2D eigenvalue weighted by molar-refractivity contribution is 5.87. The van der Waals surface area contributed by atoms with Gasteiger partial charge in [-0.2, -0.15) is 0 Å². The van der Waals surface area contributed by atoms with Gasteiger partial charge in [0.15, 0.2) is 0 Å². The molecule has 1 atom stereocenters. The van der Waals surface area contributed by atoms with E-state index in [1.165, 1.54) is 7.11 Å². The maximum atomic E-state index is 11.6. The van der Waals surface area contributed by atoms with Gasteiger partial charge in [-0.25, -0.2) is 4.79 Å². The molecule has 5 nitrogen and oxygen atoms in total. The number of amides is 1. The zero-order chi connectivity index (χ0) is 12.8. The molecule has 0 saturated carbocycles. The minimum absolute atomic E-state index is 0.0958. The quantitative estimate of drug-likeness (QED) is 0.650. The first-order valence-corrected chi connectivity index (χ1v) is 5.46. The van der Waals surface area contributed by atoms with E-state index in [0.717, 1.165) is 6.54 Å². The van der Waals surface area contributed by atoms with Crippen molar-refractivity contribution in [2.75, 3.05) is 13.7 Å². The molecule has 0 aliphatic heterocycles. The van der Waals surface area contributed by atoms with Crippen molar-refractivity contribution in [1.29, 1.82) is 0 Å². The van der Waals surface area contributed by atoms with Gasteiger partial charge in [0.1, 0.15) is 5.54 Å². The van der Waals surface area contributed by atoms with Gasteiger partial charge in [-0.3, -0.25) is 4.79 Å². The summed E-state index contributed by atoms with van der Waals surface area (Å²) in [7, 11) is 1.30. The van der Waals surface area contributed by atoms with Crippen LogP contribution in [0.25, 0.3) is 0 Å². The molecule has 0 fully saturated rings. The van der Waals surface area contributed by atoms with Crippen LogP contribution in [0.15, 0.2) is 0 Å². The molecule has 0 heterocycles. The molecule has 0 aromatic carbocycles. The van der Waals surface area contributed by atoms with E-state index in [9.17, 15) is 9.59 Å². The molecule has 0 aliphatic carbocycles. The zero-order valence-electron chi connectivity index (χ0n) is 10.7. The molecule has 16 heavy (non-hydrogen) atoms. The number of ether oxygens (including phenoxy) is 1. The van der Waals surface area contributed by atoms with Gasteiger partial charge < -0.3 is 15.4 Å². The average Bonchev–Trinajstić information content (AvgIpc) is 2.15. The van der Waals surface area contributed by atoms with Crippen LogP contribution in [-0.4, -0.2) is 37.1 Å². The number of rotatable bonds is 6. The van der Waals surface area contributed by atoms with Crippen molar-refractivity contribution >= 4 is 11.9 Å². The van der Waals surface area contributed by atoms with Crippen LogP contribution in [0.5, 0.6) is 0 Å². The highest BCUT2D eigenvalue weighted by Gasteiger charge is 2.30. The number of esters is 1. The first kappa shape index (κ1) is 14.9. The minimum atomic E-state index is -0.974. The fourth-order valence-electron chi connectivity index (χ4n) is 1.40. The second-order valence-corrected chi connectivity index (χ2v) is 4.33. The van der Waals surface area contributed by atoms with E-state index in [4.69, 9.17) is 0 Å². The van der Waals surface area contributed by atoms with Gasteiger partial charge in [0.2, 0.25) is 5.91 Å². The molecule has 0 spiro atoms. The lowest BCUT2D eigenvalue weighted by molar-refractivity contribution is -0.149. The van der Waals surface area contributed by atoms with Crippen LogP contribution in [-0.2, 0) is 14.3 Å². The molecule has 0 aromatic heterocycles. The summed E-state index contributed by atoms with van der Waals surface area (Å²) in [5, 5.41) is 5.77. The lowest BCUT2D eigenvalue weighted by atomic mass is 10.1. The SMILES string of the molecule is CCNC(C)CC(=O)NC(C)(C)C(=O)OC. The molecule has 0 rings (SSSR count). The number of carbonyl (C=O) groups excluding carboxylic acids is 2. The van der Waals surface area contributed by atoms with Crippen LogP contribution in [0, 0.1) is 0 Å². The Bertz CT molecular complexity index is 252. The van der Waals surface area contributed by atoms with E-state index in [1.807, 2.05) is 13.8 Å². The summed E-state index contributed by atoms with van der Waals surface area (Å²) in [5.74, 6) is -0.610. The number of hydrogen-bond acceptors (Lipinski definition) is 4.